The molecule has 1 rings (SSSR count). The van der Waals surface area contributed by atoms with Crippen LogP contribution in [0.4, 0.5) is 8.78 Å². The van der Waals surface area contributed by atoms with Gasteiger partial charge in [0.1, 0.15) is 5.82 Å². The van der Waals surface area contributed by atoms with Gasteiger partial charge in [-0.1, -0.05) is 13.8 Å². The van der Waals surface area contributed by atoms with E-state index in [2.05, 4.69) is 0 Å². The fourth-order valence-electron chi connectivity index (χ4n) is 1.45. The van der Waals surface area contributed by atoms with Crippen LogP contribution < -0.4 is 9.88 Å². The second-order valence-corrected chi connectivity index (χ2v) is 6.45. The quantitative estimate of drug-likeness (QED) is 0.891. The molecule has 0 aromatic heterocycles. The molecule has 0 unspecified atom stereocenters. The van der Waals surface area contributed by atoms with Crippen molar-refractivity contribution in [1.29, 1.82) is 0 Å². The number of hydrogen-bond acceptors (Lipinski definition) is 3. The topological polar surface area (TPSA) is 69.4 Å². The van der Waals surface area contributed by atoms with E-state index < -0.39 is 27.1 Å². The Morgan fingerprint density at radius 2 is 1.94 bits per heavy atom. The molecule has 0 aliphatic carbocycles. The van der Waals surface area contributed by atoms with Crippen LogP contribution in [0.25, 0.3) is 0 Å². The van der Waals surface area contributed by atoms with Crippen LogP contribution in [0.2, 0.25) is 0 Å². The minimum Gasteiger partial charge on any atom is -0.490 e. The van der Waals surface area contributed by atoms with Gasteiger partial charge in [-0.3, -0.25) is 0 Å². The second kappa shape index (κ2) is 5.19. The van der Waals surface area contributed by atoms with Gasteiger partial charge in [-0.05, 0) is 12.1 Å². The van der Waals surface area contributed by atoms with Crippen LogP contribution in [0.5, 0.6) is 5.75 Å². The van der Waals surface area contributed by atoms with E-state index in [0.717, 1.165) is 12.1 Å². The van der Waals surface area contributed by atoms with Gasteiger partial charge in [0.15, 0.2) is 11.6 Å². The predicted molar refractivity (Wildman–Crippen MR) is 63.6 cm³/mol. The zero-order valence-corrected chi connectivity index (χ0v) is 10.9. The number of primary sulfonamides is 1. The van der Waals surface area contributed by atoms with Crippen molar-refractivity contribution in [1.82, 2.24) is 0 Å². The molecule has 0 bridgehead atoms. The van der Waals surface area contributed by atoms with E-state index in [1.807, 2.05) is 0 Å². The summed E-state index contributed by atoms with van der Waals surface area (Å²) in [5.41, 5.74) is -0.769. The van der Waals surface area contributed by atoms with Crippen LogP contribution in [-0.4, -0.2) is 20.8 Å². The van der Waals surface area contributed by atoms with Crippen molar-refractivity contribution in [3.05, 3.63) is 29.8 Å². The van der Waals surface area contributed by atoms with Gasteiger partial charge in [0.05, 0.1) is 12.4 Å². The first-order valence-electron chi connectivity index (χ1n) is 5.17. The molecular weight excluding hydrogens is 264 g/mol. The number of halogens is 2. The molecule has 0 heterocycles. The summed E-state index contributed by atoms with van der Waals surface area (Å²) in [5, 5.41) is 4.93. The normalized spacial score (nSPS) is 12.5. The van der Waals surface area contributed by atoms with E-state index in [1.54, 1.807) is 13.8 Å². The Morgan fingerprint density at radius 3 is 2.44 bits per heavy atom. The summed E-state index contributed by atoms with van der Waals surface area (Å²) in [6.07, 6.45) is 0. The summed E-state index contributed by atoms with van der Waals surface area (Å²) in [6.45, 7) is 3.20. The Labute approximate surface area is 105 Å². The van der Waals surface area contributed by atoms with Gasteiger partial charge in [-0.25, -0.2) is 22.3 Å². The molecule has 0 aliphatic rings. The summed E-state index contributed by atoms with van der Waals surface area (Å²) < 4.78 is 53.0. The molecule has 0 atom stereocenters. The Hall–Kier alpha value is -1.21. The minimum absolute atomic E-state index is 0.0496. The highest BCUT2D eigenvalue weighted by molar-refractivity contribution is 7.89. The molecule has 0 spiro atoms. The van der Waals surface area contributed by atoms with Crippen LogP contribution in [0.15, 0.2) is 18.2 Å². The molecule has 0 aliphatic heterocycles. The lowest BCUT2D eigenvalue weighted by Crippen LogP contribution is -2.33. The maximum atomic E-state index is 13.3. The Balaban J connectivity index is 2.70. The van der Waals surface area contributed by atoms with Crippen molar-refractivity contribution < 1.29 is 21.9 Å². The van der Waals surface area contributed by atoms with Crippen LogP contribution in [0.1, 0.15) is 13.8 Å². The predicted octanol–water partition coefficient (Wildman–Crippen LogP) is 1.66. The van der Waals surface area contributed by atoms with E-state index in [4.69, 9.17) is 9.88 Å². The van der Waals surface area contributed by atoms with Crippen LogP contribution in [-0.2, 0) is 10.0 Å². The number of sulfonamides is 1. The number of ether oxygens (including phenoxy) is 1. The second-order valence-electron chi connectivity index (χ2n) is 4.83. The van der Waals surface area contributed by atoms with Crippen molar-refractivity contribution in [2.45, 2.75) is 13.8 Å². The first kappa shape index (κ1) is 14.8. The lowest BCUT2D eigenvalue weighted by Gasteiger charge is -2.23. The summed E-state index contributed by atoms with van der Waals surface area (Å²) in [6, 6.07) is 2.91. The standard InChI is InChI=1S/C11H15F2NO3S/c1-11(2,7-18(14,15)16)6-17-10-4-3-8(12)5-9(10)13/h3-5H,6-7H2,1-2H3,(H2,14,15,16). The molecule has 2 N–H and O–H groups in total. The third-order valence-corrected chi connectivity index (χ3v) is 3.29. The highest BCUT2D eigenvalue weighted by Crippen LogP contribution is 2.22. The maximum absolute atomic E-state index is 13.3. The molecule has 102 valence electrons. The Kier molecular flexibility index (Phi) is 4.28. The molecule has 1 aromatic carbocycles. The van der Waals surface area contributed by atoms with Crippen LogP contribution >= 0.6 is 0 Å². The summed E-state index contributed by atoms with van der Waals surface area (Å²) in [5.74, 6) is -1.95. The van der Waals surface area contributed by atoms with Gasteiger partial charge >= 0.3 is 0 Å². The van der Waals surface area contributed by atoms with Gasteiger partial charge in [-0.15, -0.1) is 0 Å². The molecular formula is C11H15F2NO3S. The van der Waals surface area contributed by atoms with Crippen LogP contribution in [0.3, 0.4) is 0 Å². The molecule has 0 fully saturated rings. The van der Waals surface area contributed by atoms with Gasteiger partial charge in [0.25, 0.3) is 0 Å². The number of nitrogens with two attached hydrogens (primary N) is 1. The molecule has 7 heteroatoms. The maximum Gasteiger partial charge on any atom is 0.209 e. The van der Waals surface area contributed by atoms with Gasteiger partial charge in [0.2, 0.25) is 10.0 Å². The molecule has 0 amide bonds. The third-order valence-electron chi connectivity index (χ3n) is 2.10. The molecule has 0 saturated heterocycles. The zero-order valence-electron chi connectivity index (χ0n) is 10.1. The van der Waals surface area contributed by atoms with E-state index in [9.17, 15) is 17.2 Å². The minimum atomic E-state index is -3.64. The van der Waals surface area contributed by atoms with Gasteiger partial charge in [-0.2, -0.15) is 0 Å². The van der Waals surface area contributed by atoms with Gasteiger partial charge < -0.3 is 4.74 Å². The Morgan fingerprint density at radius 1 is 1.33 bits per heavy atom. The van der Waals surface area contributed by atoms with E-state index in [-0.39, 0.29) is 18.1 Å². The lowest BCUT2D eigenvalue weighted by atomic mass is 9.98. The highest BCUT2D eigenvalue weighted by atomic mass is 32.2. The van der Waals surface area contributed by atoms with Crippen molar-refractivity contribution in [3.8, 4) is 5.75 Å². The molecule has 0 saturated carbocycles. The SMILES string of the molecule is CC(C)(COc1ccc(F)cc1F)CS(N)(=O)=O. The third kappa shape index (κ3) is 4.97. The number of benzene rings is 1. The van der Waals surface area contributed by atoms with Crippen molar-refractivity contribution in [2.75, 3.05) is 12.4 Å². The first-order chi connectivity index (χ1) is 8.09. The highest BCUT2D eigenvalue weighted by Gasteiger charge is 2.25. The zero-order chi connectivity index (χ0) is 14.0. The first-order valence-corrected chi connectivity index (χ1v) is 6.89. The lowest BCUT2D eigenvalue weighted by molar-refractivity contribution is 0.193. The fourth-order valence-corrected chi connectivity index (χ4v) is 2.62. The smallest absolute Gasteiger partial charge is 0.209 e. The summed E-state index contributed by atoms with van der Waals surface area (Å²) in [4.78, 5) is 0. The molecule has 4 nitrogen and oxygen atoms in total. The van der Waals surface area contributed by atoms with Crippen LogP contribution in [0, 0.1) is 17.0 Å². The van der Waals surface area contributed by atoms with Crippen molar-refractivity contribution in [3.63, 3.8) is 0 Å². The number of rotatable bonds is 5. The monoisotopic (exact) mass is 279 g/mol. The van der Waals surface area contributed by atoms with E-state index in [0.29, 0.717) is 6.07 Å². The van der Waals surface area contributed by atoms with Crippen molar-refractivity contribution in [2.24, 2.45) is 10.6 Å². The fraction of sp³-hybridized carbons (Fsp3) is 0.455. The number of hydrogen-bond donors (Lipinski definition) is 1. The molecule has 0 radical (unpaired) electrons. The van der Waals surface area contributed by atoms with Gasteiger partial charge in [0, 0.05) is 11.5 Å². The molecule has 18 heavy (non-hydrogen) atoms. The average molecular weight is 279 g/mol. The Bertz CT molecular complexity index is 529. The average Bonchev–Trinajstić information content (AvgIpc) is 2.12. The van der Waals surface area contributed by atoms with E-state index >= 15 is 0 Å². The largest absolute Gasteiger partial charge is 0.490 e. The summed E-state index contributed by atoms with van der Waals surface area (Å²) in [7, 11) is -3.64. The summed E-state index contributed by atoms with van der Waals surface area (Å²) >= 11 is 0. The molecule has 1 aromatic rings. The van der Waals surface area contributed by atoms with Crippen molar-refractivity contribution >= 4 is 10.0 Å². The van der Waals surface area contributed by atoms with E-state index in [1.165, 1.54) is 0 Å².